The molecule has 2 aromatic rings. The zero-order valence-corrected chi connectivity index (χ0v) is 25.4. The van der Waals surface area contributed by atoms with E-state index in [1.165, 1.54) is 0 Å². The number of phenolic OH excluding ortho intramolecular Hbond substituents is 2. The van der Waals surface area contributed by atoms with E-state index in [-0.39, 0.29) is 21.7 Å². The van der Waals surface area contributed by atoms with Crippen LogP contribution in [0, 0.1) is 0 Å². The van der Waals surface area contributed by atoms with Gasteiger partial charge in [-0.25, -0.2) is 0 Å². The maximum absolute atomic E-state index is 10.5. The Kier molecular flexibility index (Phi) is 10.3. The van der Waals surface area contributed by atoms with Gasteiger partial charge in [-0.2, -0.15) is 0 Å². The summed E-state index contributed by atoms with van der Waals surface area (Å²) in [5.41, 5.74) is 5.88. The number of hydrogen-bond donors (Lipinski definition) is 2. The second-order valence-electron chi connectivity index (χ2n) is 13.9. The summed E-state index contributed by atoms with van der Waals surface area (Å²) in [4.78, 5) is 0. The van der Waals surface area contributed by atoms with Crippen LogP contribution < -0.4 is 0 Å². The van der Waals surface area contributed by atoms with Gasteiger partial charge in [0.05, 0.1) is 13.2 Å². The zero-order valence-electron chi connectivity index (χ0n) is 25.4. The number of phenols is 2. The molecule has 0 aliphatic carbocycles. The summed E-state index contributed by atoms with van der Waals surface area (Å²) in [6.45, 7) is 26.5. The lowest BCUT2D eigenvalue weighted by Crippen LogP contribution is -2.18. The highest BCUT2D eigenvalue weighted by molar-refractivity contribution is 5.50. The summed E-state index contributed by atoms with van der Waals surface area (Å²) >= 11 is 0. The Morgan fingerprint density at radius 3 is 0.806 bits per heavy atom. The summed E-state index contributed by atoms with van der Waals surface area (Å²) in [6.07, 6.45) is 0. The van der Waals surface area contributed by atoms with Gasteiger partial charge in [-0.15, -0.1) is 0 Å². The molecule has 2 aromatic carbocycles. The van der Waals surface area contributed by atoms with Crippen LogP contribution in [0.5, 0.6) is 11.5 Å². The molecular formula is C32H52O4. The summed E-state index contributed by atoms with van der Waals surface area (Å²) < 4.78 is 10.4. The van der Waals surface area contributed by atoms with Gasteiger partial charge in [-0.05, 0) is 79.3 Å². The summed E-state index contributed by atoms with van der Waals surface area (Å²) in [7, 11) is 3.39. The maximum atomic E-state index is 10.5. The highest BCUT2D eigenvalue weighted by Crippen LogP contribution is 2.41. The minimum absolute atomic E-state index is 0.0756. The molecule has 0 aliphatic heterocycles. The molecule has 0 heterocycles. The van der Waals surface area contributed by atoms with Crippen LogP contribution in [0.4, 0.5) is 0 Å². The number of methoxy groups -OCH3 is 2. The van der Waals surface area contributed by atoms with Gasteiger partial charge in [0.15, 0.2) is 0 Å². The molecule has 0 bridgehead atoms. The number of benzene rings is 2. The first-order valence-electron chi connectivity index (χ1n) is 12.9. The Bertz CT molecular complexity index is 853. The van der Waals surface area contributed by atoms with Crippen molar-refractivity contribution in [3.63, 3.8) is 0 Å². The molecular weight excluding hydrogens is 448 g/mol. The molecule has 0 saturated heterocycles. The molecule has 0 amide bonds. The van der Waals surface area contributed by atoms with Crippen LogP contribution >= 0.6 is 0 Å². The number of ether oxygens (including phenoxy) is 2. The van der Waals surface area contributed by atoms with Crippen LogP contribution in [0.25, 0.3) is 0 Å². The quantitative estimate of drug-likeness (QED) is 0.443. The van der Waals surface area contributed by atoms with E-state index >= 15 is 0 Å². The fraction of sp³-hybridized carbons (Fsp3) is 0.625. The molecule has 204 valence electrons. The van der Waals surface area contributed by atoms with Crippen LogP contribution in [-0.2, 0) is 44.3 Å². The Morgan fingerprint density at radius 1 is 0.472 bits per heavy atom. The standard InChI is InChI=1S/2C16H26O2/c2*1-15(2,3)12-8-11(10-18-7)9-13(14(12)17)16(4,5)6/h2*8-9,17H,10H2,1-7H3. The molecule has 2 rings (SSSR count). The van der Waals surface area contributed by atoms with Gasteiger partial charge in [0, 0.05) is 14.2 Å². The molecule has 0 fully saturated rings. The number of hydrogen-bond acceptors (Lipinski definition) is 4. The van der Waals surface area contributed by atoms with Crippen molar-refractivity contribution in [2.75, 3.05) is 14.2 Å². The van der Waals surface area contributed by atoms with Crippen molar-refractivity contribution >= 4 is 0 Å². The number of aromatic hydroxyl groups is 2. The van der Waals surface area contributed by atoms with Gasteiger partial charge < -0.3 is 19.7 Å². The average molecular weight is 501 g/mol. The van der Waals surface area contributed by atoms with E-state index in [0.29, 0.717) is 24.7 Å². The summed E-state index contributed by atoms with van der Waals surface area (Å²) in [6, 6.07) is 8.20. The lowest BCUT2D eigenvalue weighted by Gasteiger charge is -2.28. The van der Waals surface area contributed by atoms with Crippen molar-refractivity contribution in [2.24, 2.45) is 0 Å². The summed E-state index contributed by atoms with van der Waals surface area (Å²) in [5, 5.41) is 21.0. The second-order valence-corrected chi connectivity index (χ2v) is 13.9. The van der Waals surface area contributed by atoms with Gasteiger partial charge >= 0.3 is 0 Å². The molecule has 4 heteroatoms. The van der Waals surface area contributed by atoms with Crippen molar-refractivity contribution < 1.29 is 19.7 Å². The van der Waals surface area contributed by atoms with E-state index < -0.39 is 0 Å². The molecule has 2 N–H and O–H groups in total. The molecule has 4 nitrogen and oxygen atoms in total. The second kappa shape index (κ2) is 11.6. The first-order chi connectivity index (χ1) is 16.1. The third kappa shape index (κ3) is 8.52. The zero-order chi connectivity index (χ0) is 28.3. The van der Waals surface area contributed by atoms with Crippen LogP contribution in [0.3, 0.4) is 0 Å². The minimum Gasteiger partial charge on any atom is -0.507 e. The van der Waals surface area contributed by atoms with Crippen molar-refractivity contribution in [1.29, 1.82) is 0 Å². The Balaban J connectivity index is 0.000000360. The fourth-order valence-corrected chi connectivity index (χ4v) is 4.18. The molecule has 0 unspecified atom stereocenters. The van der Waals surface area contributed by atoms with Crippen LogP contribution in [-0.4, -0.2) is 24.4 Å². The molecule has 0 radical (unpaired) electrons. The van der Waals surface area contributed by atoms with Crippen molar-refractivity contribution in [1.82, 2.24) is 0 Å². The number of rotatable bonds is 4. The van der Waals surface area contributed by atoms with Crippen molar-refractivity contribution in [2.45, 2.75) is 118 Å². The SMILES string of the molecule is COCc1cc(C(C)(C)C)c(O)c(C(C)(C)C)c1.COCc1cc(C(C)(C)C)c(O)c(C(C)(C)C)c1. The van der Waals surface area contributed by atoms with Gasteiger partial charge in [-0.1, -0.05) is 83.1 Å². The van der Waals surface area contributed by atoms with Gasteiger partial charge in [-0.3, -0.25) is 0 Å². The van der Waals surface area contributed by atoms with Gasteiger partial charge in [0.1, 0.15) is 11.5 Å². The summed E-state index contributed by atoms with van der Waals surface area (Å²) in [5.74, 6) is 0.852. The first-order valence-corrected chi connectivity index (χ1v) is 12.9. The average Bonchev–Trinajstić information content (AvgIpc) is 2.68. The molecule has 0 spiro atoms. The fourth-order valence-electron chi connectivity index (χ4n) is 4.18. The molecule has 0 saturated carbocycles. The van der Waals surface area contributed by atoms with E-state index in [2.05, 4.69) is 83.1 Å². The van der Waals surface area contributed by atoms with E-state index in [1.54, 1.807) is 14.2 Å². The topological polar surface area (TPSA) is 58.9 Å². The molecule has 0 aliphatic rings. The highest BCUT2D eigenvalue weighted by Gasteiger charge is 2.27. The van der Waals surface area contributed by atoms with E-state index in [0.717, 1.165) is 33.4 Å². The maximum Gasteiger partial charge on any atom is 0.123 e. The Hall–Kier alpha value is -2.04. The van der Waals surface area contributed by atoms with Crippen molar-refractivity contribution in [3.05, 3.63) is 57.6 Å². The molecule has 0 atom stereocenters. The Labute approximate surface area is 221 Å². The monoisotopic (exact) mass is 500 g/mol. The van der Waals surface area contributed by atoms with E-state index in [4.69, 9.17) is 9.47 Å². The first kappa shape index (κ1) is 32.0. The Morgan fingerprint density at radius 2 is 0.667 bits per heavy atom. The van der Waals surface area contributed by atoms with E-state index in [9.17, 15) is 10.2 Å². The predicted octanol–water partition coefficient (Wildman–Crippen LogP) is 8.27. The van der Waals surface area contributed by atoms with Crippen LogP contribution in [0.2, 0.25) is 0 Å². The van der Waals surface area contributed by atoms with E-state index in [1.807, 2.05) is 24.3 Å². The predicted molar refractivity (Wildman–Crippen MR) is 152 cm³/mol. The third-order valence-electron chi connectivity index (χ3n) is 6.19. The molecule has 36 heavy (non-hydrogen) atoms. The lowest BCUT2D eigenvalue weighted by molar-refractivity contribution is 0.184. The lowest BCUT2D eigenvalue weighted by atomic mass is 9.78. The highest BCUT2D eigenvalue weighted by atomic mass is 16.5. The van der Waals surface area contributed by atoms with Crippen molar-refractivity contribution in [3.8, 4) is 11.5 Å². The largest absolute Gasteiger partial charge is 0.507 e. The smallest absolute Gasteiger partial charge is 0.123 e. The van der Waals surface area contributed by atoms with Gasteiger partial charge in [0.2, 0.25) is 0 Å². The van der Waals surface area contributed by atoms with Crippen LogP contribution in [0.1, 0.15) is 116 Å². The minimum atomic E-state index is -0.0756. The normalized spacial score (nSPS) is 12.8. The molecule has 0 aromatic heterocycles. The third-order valence-corrected chi connectivity index (χ3v) is 6.19. The van der Waals surface area contributed by atoms with Gasteiger partial charge in [0.25, 0.3) is 0 Å². The van der Waals surface area contributed by atoms with Crippen LogP contribution in [0.15, 0.2) is 24.3 Å².